The van der Waals surface area contributed by atoms with Crippen molar-refractivity contribution in [3.8, 4) is 0 Å². The lowest BCUT2D eigenvalue weighted by Crippen LogP contribution is -2.41. The van der Waals surface area contributed by atoms with Crippen molar-refractivity contribution in [1.82, 2.24) is 0 Å². The third kappa shape index (κ3) is 2.23. The zero-order chi connectivity index (χ0) is 11.7. The molecular formula is C11H14ClFN2O. The van der Waals surface area contributed by atoms with Crippen molar-refractivity contribution in [1.29, 1.82) is 0 Å². The Kier molecular flexibility index (Phi) is 3.21. The van der Waals surface area contributed by atoms with Crippen molar-refractivity contribution in [3.63, 3.8) is 0 Å². The van der Waals surface area contributed by atoms with Gasteiger partial charge in [-0.2, -0.15) is 0 Å². The van der Waals surface area contributed by atoms with Crippen molar-refractivity contribution in [2.75, 3.05) is 30.3 Å². The normalized spacial score (nSPS) is 21.2. The first-order valence-corrected chi connectivity index (χ1v) is 5.57. The Bertz CT molecular complexity index is 400. The van der Waals surface area contributed by atoms with Crippen molar-refractivity contribution >= 4 is 23.0 Å². The van der Waals surface area contributed by atoms with E-state index in [1.54, 1.807) is 6.07 Å². The molecule has 0 amide bonds. The van der Waals surface area contributed by atoms with Gasteiger partial charge in [0.2, 0.25) is 0 Å². The largest absolute Gasteiger partial charge is 0.397 e. The van der Waals surface area contributed by atoms with Crippen LogP contribution < -0.4 is 10.6 Å². The highest BCUT2D eigenvalue weighted by Gasteiger charge is 2.19. The standard InChI is InChI=1S/C11H14ClFN2O/c1-7-6-15(2-3-16-7)11-4-8(12)9(13)5-10(11)14/h4-5,7H,2-3,6,14H2,1H3. The molecule has 1 aromatic rings. The van der Waals surface area contributed by atoms with Gasteiger partial charge in [-0.15, -0.1) is 0 Å². The summed E-state index contributed by atoms with van der Waals surface area (Å²) in [7, 11) is 0. The van der Waals surface area contributed by atoms with Crippen LogP contribution in [0.2, 0.25) is 5.02 Å². The Balaban J connectivity index is 2.29. The van der Waals surface area contributed by atoms with Gasteiger partial charge in [0, 0.05) is 19.2 Å². The Morgan fingerprint density at radius 3 is 3.00 bits per heavy atom. The minimum atomic E-state index is -0.482. The van der Waals surface area contributed by atoms with E-state index in [-0.39, 0.29) is 11.1 Å². The van der Waals surface area contributed by atoms with Crippen LogP contribution in [0, 0.1) is 5.82 Å². The highest BCUT2D eigenvalue weighted by Crippen LogP contribution is 2.30. The number of benzene rings is 1. The number of nitrogens with two attached hydrogens (primary N) is 1. The van der Waals surface area contributed by atoms with Crippen LogP contribution in [0.25, 0.3) is 0 Å². The average Bonchev–Trinajstić information content (AvgIpc) is 2.23. The van der Waals surface area contributed by atoms with Crippen LogP contribution >= 0.6 is 11.6 Å². The van der Waals surface area contributed by atoms with Gasteiger partial charge in [0.15, 0.2) is 0 Å². The molecule has 0 saturated carbocycles. The number of hydrogen-bond donors (Lipinski definition) is 1. The van der Waals surface area contributed by atoms with Gasteiger partial charge in [0.1, 0.15) is 5.82 Å². The molecule has 0 bridgehead atoms. The predicted molar refractivity (Wildman–Crippen MR) is 63.4 cm³/mol. The molecule has 1 unspecified atom stereocenters. The molecule has 16 heavy (non-hydrogen) atoms. The van der Waals surface area contributed by atoms with E-state index in [4.69, 9.17) is 22.1 Å². The lowest BCUT2D eigenvalue weighted by molar-refractivity contribution is 0.0533. The predicted octanol–water partition coefficient (Wildman–Crippen LogP) is 2.29. The van der Waals surface area contributed by atoms with Crippen LogP contribution in [0.4, 0.5) is 15.8 Å². The molecule has 1 heterocycles. The maximum Gasteiger partial charge on any atom is 0.143 e. The van der Waals surface area contributed by atoms with Gasteiger partial charge < -0.3 is 15.4 Å². The van der Waals surface area contributed by atoms with E-state index < -0.39 is 5.82 Å². The average molecular weight is 245 g/mol. The van der Waals surface area contributed by atoms with E-state index in [0.717, 1.165) is 18.8 Å². The fourth-order valence-corrected chi connectivity index (χ4v) is 2.02. The lowest BCUT2D eigenvalue weighted by Gasteiger charge is -2.33. The fourth-order valence-electron chi connectivity index (χ4n) is 1.86. The molecule has 0 aliphatic carbocycles. The van der Waals surface area contributed by atoms with Gasteiger partial charge in [0.05, 0.1) is 29.1 Å². The van der Waals surface area contributed by atoms with E-state index in [1.165, 1.54) is 6.07 Å². The second-order valence-electron chi connectivity index (χ2n) is 3.95. The van der Waals surface area contributed by atoms with Gasteiger partial charge in [-0.25, -0.2) is 4.39 Å². The molecule has 1 atom stereocenters. The number of nitrogens with zero attached hydrogens (tertiary/aromatic N) is 1. The number of ether oxygens (including phenoxy) is 1. The third-order valence-electron chi connectivity index (χ3n) is 2.65. The Morgan fingerprint density at radius 1 is 1.56 bits per heavy atom. The van der Waals surface area contributed by atoms with E-state index in [2.05, 4.69) is 4.90 Å². The van der Waals surface area contributed by atoms with Crippen LogP contribution in [0.15, 0.2) is 12.1 Å². The van der Waals surface area contributed by atoms with Gasteiger partial charge in [-0.1, -0.05) is 11.6 Å². The SMILES string of the molecule is CC1CN(c2cc(Cl)c(F)cc2N)CCO1. The first kappa shape index (κ1) is 11.5. The number of halogens is 2. The van der Waals surface area contributed by atoms with Crippen molar-refractivity contribution in [2.24, 2.45) is 0 Å². The van der Waals surface area contributed by atoms with Crippen LogP contribution in [0.3, 0.4) is 0 Å². The highest BCUT2D eigenvalue weighted by molar-refractivity contribution is 6.31. The summed E-state index contributed by atoms with van der Waals surface area (Å²) in [5.74, 6) is -0.482. The lowest BCUT2D eigenvalue weighted by atomic mass is 10.2. The second kappa shape index (κ2) is 4.47. The topological polar surface area (TPSA) is 38.5 Å². The van der Waals surface area contributed by atoms with Gasteiger partial charge in [-0.3, -0.25) is 0 Å². The number of anilines is 2. The van der Waals surface area contributed by atoms with Crippen LogP contribution in [0.5, 0.6) is 0 Å². The summed E-state index contributed by atoms with van der Waals surface area (Å²) in [6, 6.07) is 2.84. The van der Waals surface area contributed by atoms with E-state index in [9.17, 15) is 4.39 Å². The zero-order valence-corrected chi connectivity index (χ0v) is 9.80. The smallest absolute Gasteiger partial charge is 0.143 e. The maximum absolute atomic E-state index is 13.1. The monoisotopic (exact) mass is 244 g/mol. The minimum Gasteiger partial charge on any atom is -0.397 e. The molecule has 2 N–H and O–H groups in total. The number of hydrogen-bond acceptors (Lipinski definition) is 3. The quantitative estimate of drug-likeness (QED) is 0.771. The molecule has 1 aromatic carbocycles. The number of nitrogen functional groups attached to an aromatic ring is 1. The second-order valence-corrected chi connectivity index (χ2v) is 4.36. The van der Waals surface area contributed by atoms with Crippen molar-refractivity contribution < 1.29 is 9.13 Å². The van der Waals surface area contributed by atoms with E-state index >= 15 is 0 Å². The summed E-state index contributed by atoms with van der Waals surface area (Å²) in [5.41, 5.74) is 6.98. The third-order valence-corrected chi connectivity index (χ3v) is 2.94. The molecular weight excluding hydrogens is 231 g/mol. The first-order chi connectivity index (χ1) is 7.58. The van der Waals surface area contributed by atoms with Crippen LogP contribution in [-0.2, 0) is 4.74 Å². The summed E-state index contributed by atoms with van der Waals surface area (Å²) in [6.45, 7) is 4.13. The van der Waals surface area contributed by atoms with Crippen LogP contribution in [0.1, 0.15) is 6.92 Å². The fraction of sp³-hybridized carbons (Fsp3) is 0.455. The minimum absolute atomic E-state index is 0.100. The van der Waals surface area contributed by atoms with E-state index in [0.29, 0.717) is 12.3 Å². The Labute approximate surface area is 98.9 Å². The molecule has 88 valence electrons. The van der Waals surface area contributed by atoms with Crippen molar-refractivity contribution in [2.45, 2.75) is 13.0 Å². The maximum atomic E-state index is 13.1. The molecule has 3 nitrogen and oxygen atoms in total. The molecule has 1 aliphatic rings. The van der Waals surface area contributed by atoms with Gasteiger partial charge in [-0.05, 0) is 13.0 Å². The molecule has 0 spiro atoms. The number of rotatable bonds is 1. The molecule has 2 rings (SSSR count). The molecule has 0 radical (unpaired) electrons. The number of morpholine rings is 1. The highest BCUT2D eigenvalue weighted by atomic mass is 35.5. The molecule has 1 fully saturated rings. The molecule has 5 heteroatoms. The summed E-state index contributed by atoms with van der Waals surface area (Å²) in [5, 5.41) is 0.100. The van der Waals surface area contributed by atoms with Crippen LogP contribution in [-0.4, -0.2) is 25.8 Å². The first-order valence-electron chi connectivity index (χ1n) is 5.19. The molecule has 1 saturated heterocycles. The van der Waals surface area contributed by atoms with Gasteiger partial charge in [0.25, 0.3) is 0 Å². The summed E-state index contributed by atoms with van der Waals surface area (Å²) in [4.78, 5) is 2.06. The molecule has 0 aromatic heterocycles. The summed E-state index contributed by atoms with van der Waals surface area (Å²) < 4.78 is 18.6. The molecule has 1 aliphatic heterocycles. The van der Waals surface area contributed by atoms with Crippen molar-refractivity contribution in [3.05, 3.63) is 23.0 Å². The van der Waals surface area contributed by atoms with E-state index in [1.807, 2.05) is 6.92 Å². The summed E-state index contributed by atoms with van der Waals surface area (Å²) >= 11 is 5.75. The Morgan fingerprint density at radius 2 is 2.31 bits per heavy atom. The summed E-state index contributed by atoms with van der Waals surface area (Å²) in [6.07, 6.45) is 0.150. The zero-order valence-electron chi connectivity index (χ0n) is 9.04. The Hall–Kier alpha value is -1.00. The van der Waals surface area contributed by atoms with Gasteiger partial charge >= 0.3 is 0 Å².